The molecule has 5 rings (SSSR count). The molecule has 4 heterocycles. The van der Waals surface area contributed by atoms with Gasteiger partial charge in [-0.1, -0.05) is 0 Å². The van der Waals surface area contributed by atoms with Crippen LogP contribution in [-0.2, 0) is 7.05 Å². The van der Waals surface area contributed by atoms with Crippen LogP contribution in [0.4, 0.5) is 5.95 Å². The summed E-state index contributed by atoms with van der Waals surface area (Å²) >= 11 is 0. The van der Waals surface area contributed by atoms with E-state index in [1.165, 1.54) is 0 Å². The average Bonchev–Trinajstić information content (AvgIpc) is 3.24. The number of benzene rings is 1. The molecule has 0 spiro atoms. The summed E-state index contributed by atoms with van der Waals surface area (Å²) in [6, 6.07) is 11.3. The van der Waals surface area contributed by atoms with Crippen molar-refractivity contribution in [1.82, 2.24) is 29.6 Å². The molecular weight excluding hydrogens is 406 g/mol. The lowest BCUT2D eigenvalue weighted by molar-refractivity contribution is 0.0748. The first-order chi connectivity index (χ1) is 15.6. The van der Waals surface area contributed by atoms with Gasteiger partial charge < -0.3 is 14.5 Å². The van der Waals surface area contributed by atoms with Crippen LogP contribution in [-0.4, -0.2) is 68.8 Å². The van der Waals surface area contributed by atoms with Crippen molar-refractivity contribution in [2.45, 2.75) is 0 Å². The number of aryl methyl sites for hydroxylation is 1. The zero-order valence-corrected chi connectivity index (χ0v) is 18.0. The number of aromatic nitrogens is 5. The van der Waals surface area contributed by atoms with Crippen LogP contribution in [0.2, 0.25) is 0 Å². The summed E-state index contributed by atoms with van der Waals surface area (Å²) < 4.78 is 6.95. The number of methoxy groups -OCH3 is 1. The van der Waals surface area contributed by atoms with Crippen molar-refractivity contribution in [1.29, 1.82) is 0 Å². The Labute approximate surface area is 185 Å². The lowest BCUT2D eigenvalue weighted by Gasteiger charge is -2.34. The quantitative estimate of drug-likeness (QED) is 0.492. The zero-order valence-electron chi connectivity index (χ0n) is 18.0. The summed E-state index contributed by atoms with van der Waals surface area (Å²) in [5.74, 6) is 1.45. The number of hydrogen-bond donors (Lipinski definition) is 0. The Kier molecular flexibility index (Phi) is 5.14. The smallest absolute Gasteiger partial charge is 0.254 e. The molecule has 0 aliphatic carbocycles. The van der Waals surface area contributed by atoms with E-state index in [1.807, 2.05) is 42.3 Å². The van der Waals surface area contributed by atoms with E-state index in [1.54, 1.807) is 36.4 Å². The van der Waals surface area contributed by atoms with Crippen molar-refractivity contribution in [2.75, 3.05) is 38.2 Å². The third kappa shape index (κ3) is 3.62. The van der Waals surface area contributed by atoms with Crippen LogP contribution in [0.5, 0.6) is 5.75 Å². The average molecular weight is 429 g/mol. The van der Waals surface area contributed by atoms with Gasteiger partial charge in [0.05, 0.1) is 30.0 Å². The Morgan fingerprint density at radius 1 is 1.03 bits per heavy atom. The second kappa shape index (κ2) is 8.26. The molecule has 3 aromatic heterocycles. The maximum absolute atomic E-state index is 13.5. The van der Waals surface area contributed by atoms with Crippen LogP contribution in [0, 0.1) is 0 Å². The van der Waals surface area contributed by atoms with Gasteiger partial charge in [0.2, 0.25) is 5.95 Å². The maximum atomic E-state index is 13.5. The van der Waals surface area contributed by atoms with Crippen molar-refractivity contribution in [3.05, 3.63) is 60.6 Å². The number of carbonyl (C=O) groups is 1. The topological polar surface area (TPSA) is 89.3 Å². The number of rotatable bonds is 4. The fourth-order valence-corrected chi connectivity index (χ4v) is 3.94. The predicted octanol–water partition coefficient (Wildman–Crippen LogP) is 2.40. The van der Waals surface area contributed by atoms with Crippen LogP contribution in [0.25, 0.3) is 22.3 Å². The number of piperazine rings is 1. The molecule has 9 nitrogen and oxygen atoms in total. The number of anilines is 1. The molecule has 0 N–H and O–H groups in total. The monoisotopic (exact) mass is 429 g/mol. The molecule has 1 aromatic carbocycles. The van der Waals surface area contributed by atoms with Gasteiger partial charge in [0.15, 0.2) is 5.65 Å². The number of hydrogen-bond acceptors (Lipinski definition) is 7. The normalized spacial score (nSPS) is 14.1. The molecule has 9 heteroatoms. The minimum Gasteiger partial charge on any atom is -0.497 e. The van der Waals surface area contributed by atoms with E-state index in [9.17, 15) is 4.79 Å². The standard InChI is InChI=1S/C23H23N7O2/c1-28-21-19(15-26-28)18(14-20(27-21)16-4-6-17(32-2)7-5-16)22(31)29-10-12-30(13-11-29)23-24-8-3-9-25-23/h3-9,14-15H,10-13H2,1-2H3. The Hall–Kier alpha value is -4.01. The van der Waals surface area contributed by atoms with Crippen LogP contribution in [0.1, 0.15) is 10.4 Å². The number of carbonyl (C=O) groups excluding carboxylic acids is 1. The highest BCUT2D eigenvalue weighted by Gasteiger charge is 2.26. The van der Waals surface area contributed by atoms with Crippen molar-refractivity contribution in [3.8, 4) is 17.0 Å². The number of pyridine rings is 1. The number of fused-ring (bicyclic) bond motifs is 1. The second-order valence-corrected chi connectivity index (χ2v) is 7.62. The third-order valence-corrected chi connectivity index (χ3v) is 5.72. The molecular formula is C23H23N7O2. The van der Waals surface area contributed by atoms with E-state index in [-0.39, 0.29) is 5.91 Å². The molecule has 1 saturated heterocycles. The van der Waals surface area contributed by atoms with Gasteiger partial charge in [-0.15, -0.1) is 0 Å². The van der Waals surface area contributed by atoms with Gasteiger partial charge >= 0.3 is 0 Å². The summed E-state index contributed by atoms with van der Waals surface area (Å²) in [4.78, 5) is 30.9. The summed E-state index contributed by atoms with van der Waals surface area (Å²) in [6.45, 7) is 2.56. The highest BCUT2D eigenvalue weighted by Crippen LogP contribution is 2.27. The second-order valence-electron chi connectivity index (χ2n) is 7.62. The summed E-state index contributed by atoms with van der Waals surface area (Å²) in [5.41, 5.74) is 2.92. The minimum atomic E-state index is -0.0196. The van der Waals surface area contributed by atoms with E-state index < -0.39 is 0 Å². The predicted molar refractivity (Wildman–Crippen MR) is 121 cm³/mol. The first-order valence-electron chi connectivity index (χ1n) is 10.4. The Morgan fingerprint density at radius 2 is 1.75 bits per heavy atom. The molecule has 0 atom stereocenters. The SMILES string of the molecule is COc1ccc(-c2cc(C(=O)N3CCN(c4ncccn4)CC3)c3cnn(C)c3n2)cc1. The van der Waals surface area contributed by atoms with E-state index in [0.717, 1.165) is 22.4 Å². The highest BCUT2D eigenvalue weighted by molar-refractivity contribution is 6.06. The van der Waals surface area contributed by atoms with Gasteiger partial charge in [0.1, 0.15) is 5.75 Å². The van der Waals surface area contributed by atoms with Crippen LogP contribution >= 0.6 is 0 Å². The Balaban J connectivity index is 1.44. The van der Waals surface area contributed by atoms with Crippen LogP contribution in [0.3, 0.4) is 0 Å². The van der Waals surface area contributed by atoms with Crippen LogP contribution < -0.4 is 9.64 Å². The zero-order chi connectivity index (χ0) is 22.1. The number of ether oxygens (including phenoxy) is 1. The lowest BCUT2D eigenvalue weighted by Crippen LogP contribution is -2.49. The number of amides is 1. The van der Waals surface area contributed by atoms with E-state index in [4.69, 9.17) is 9.72 Å². The molecule has 1 amide bonds. The largest absolute Gasteiger partial charge is 0.497 e. The molecule has 0 unspecified atom stereocenters. The van der Waals surface area contributed by atoms with Crippen molar-refractivity contribution in [3.63, 3.8) is 0 Å². The van der Waals surface area contributed by atoms with Crippen molar-refractivity contribution < 1.29 is 9.53 Å². The van der Waals surface area contributed by atoms with Crippen LogP contribution in [0.15, 0.2) is 55.0 Å². The lowest BCUT2D eigenvalue weighted by atomic mass is 10.1. The van der Waals surface area contributed by atoms with Gasteiger partial charge in [-0.05, 0) is 36.4 Å². The summed E-state index contributed by atoms with van der Waals surface area (Å²) in [6.07, 6.45) is 5.18. The highest BCUT2D eigenvalue weighted by atomic mass is 16.5. The molecule has 1 fully saturated rings. The van der Waals surface area contributed by atoms with E-state index >= 15 is 0 Å². The fourth-order valence-electron chi connectivity index (χ4n) is 3.94. The molecule has 4 aromatic rings. The molecule has 1 aliphatic heterocycles. The molecule has 0 bridgehead atoms. The molecule has 1 aliphatic rings. The summed E-state index contributed by atoms with van der Waals surface area (Å²) in [7, 11) is 3.47. The minimum absolute atomic E-state index is 0.0196. The molecule has 32 heavy (non-hydrogen) atoms. The summed E-state index contributed by atoms with van der Waals surface area (Å²) in [5, 5.41) is 5.09. The van der Waals surface area contributed by atoms with E-state index in [0.29, 0.717) is 43.3 Å². The first-order valence-corrected chi connectivity index (χ1v) is 10.4. The molecule has 0 saturated carbocycles. The van der Waals surface area contributed by atoms with Crippen molar-refractivity contribution in [2.24, 2.45) is 7.05 Å². The third-order valence-electron chi connectivity index (χ3n) is 5.72. The van der Waals surface area contributed by atoms with Gasteiger partial charge in [-0.3, -0.25) is 9.48 Å². The molecule has 162 valence electrons. The fraction of sp³-hybridized carbons (Fsp3) is 0.261. The molecule has 0 radical (unpaired) electrons. The number of nitrogens with zero attached hydrogens (tertiary/aromatic N) is 7. The van der Waals surface area contributed by atoms with Crippen molar-refractivity contribution >= 4 is 22.9 Å². The van der Waals surface area contributed by atoms with Gasteiger partial charge in [0.25, 0.3) is 5.91 Å². The van der Waals surface area contributed by atoms with Gasteiger partial charge in [-0.25, -0.2) is 15.0 Å². The Morgan fingerprint density at radius 3 is 2.44 bits per heavy atom. The Bertz CT molecular complexity index is 1250. The maximum Gasteiger partial charge on any atom is 0.254 e. The first kappa shape index (κ1) is 19.9. The van der Waals surface area contributed by atoms with E-state index in [2.05, 4.69) is 20.0 Å². The van der Waals surface area contributed by atoms with Gasteiger partial charge in [-0.2, -0.15) is 5.10 Å². The van der Waals surface area contributed by atoms with Gasteiger partial charge in [0, 0.05) is 51.2 Å².